The molecule has 1 N–H and O–H groups in total. The van der Waals surface area contributed by atoms with E-state index in [0.717, 1.165) is 51.0 Å². The number of rotatable bonds is 4. The Balaban J connectivity index is 0.00000210. The monoisotopic (exact) mass is 491 g/mol. The number of halogens is 1. The Morgan fingerprint density at radius 2 is 1.85 bits per heavy atom. The minimum absolute atomic E-state index is 0. The minimum atomic E-state index is 0. The Hall–Kier alpha value is -0.0800. The molecule has 0 aromatic heterocycles. The summed E-state index contributed by atoms with van der Waals surface area (Å²) >= 11 is 0. The van der Waals surface area contributed by atoms with Crippen LogP contribution >= 0.6 is 24.0 Å². The lowest BCUT2D eigenvalue weighted by atomic mass is 9.57. The summed E-state index contributed by atoms with van der Waals surface area (Å²) in [7, 11) is 1.92. The molecule has 2 heterocycles. The van der Waals surface area contributed by atoms with Crippen molar-refractivity contribution in [3.63, 3.8) is 0 Å². The van der Waals surface area contributed by atoms with Gasteiger partial charge in [-0.3, -0.25) is 4.99 Å². The summed E-state index contributed by atoms with van der Waals surface area (Å²) in [5, 5.41) is 3.78. The number of likely N-dealkylation sites (tertiary alicyclic amines) is 1. The Bertz CT molecular complexity index is 514. The first kappa shape index (κ1) is 21.6. The average Bonchev–Trinajstić information content (AvgIpc) is 3.32. The first-order valence-corrected chi connectivity index (χ1v) is 10.8. The normalized spacial score (nSPS) is 34.1. The van der Waals surface area contributed by atoms with Gasteiger partial charge in [-0.2, -0.15) is 0 Å². The van der Waals surface area contributed by atoms with Crippen LogP contribution in [-0.2, 0) is 9.47 Å². The van der Waals surface area contributed by atoms with Crippen molar-refractivity contribution in [1.82, 2.24) is 10.2 Å². The number of piperidine rings is 1. The molecule has 0 aromatic rings. The molecular weight excluding hydrogens is 453 g/mol. The van der Waals surface area contributed by atoms with Crippen LogP contribution in [0, 0.1) is 17.3 Å². The van der Waals surface area contributed by atoms with E-state index in [1.807, 2.05) is 7.05 Å². The second kappa shape index (κ2) is 9.16. The van der Waals surface area contributed by atoms with Gasteiger partial charge in [-0.1, -0.05) is 26.7 Å². The molecule has 2 aliphatic carbocycles. The third-order valence-corrected chi connectivity index (χ3v) is 7.38. The molecule has 0 bridgehead atoms. The molecule has 2 saturated heterocycles. The summed E-state index contributed by atoms with van der Waals surface area (Å²) < 4.78 is 12.2. The van der Waals surface area contributed by atoms with Crippen LogP contribution in [0.4, 0.5) is 0 Å². The molecule has 3 unspecified atom stereocenters. The fourth-order valence-electron chi connectivity index (χ4n) is 5.74. The van der Waals surface area contributed by atoms with E-state index in [2.05, 4.69) is 29.1 Å². The fourth-order valence-corrected chi connectivity index (χ4v) is 5.74. The number of hydrogen-bond donors (Lipinski definition) is 1. The van der Waals surface area contributed by atoms with Gasteiger partial charge in [-0.25, -0.2) is 0 Å². The molecule has 156 valence electrons. The molecule has 2 saturated carbocycles. The molecule has 5 nitrogen and oxygen atoms in total. The number of nitrogens with zero attached hydrogens (tertiary/aromatic N) is 2. The summed E-state index contributed by atoms with van der Waals surface area (Å²) in [5.41, 5.74) is 0.194. The fraction of sp³-hybridized carbons (Fsp3) is 0.952. The summed E-state index contributed by atoms with van der Waals surface area (Å²) in [6.45, 7) is 8.65. The maximum Gasteiger partial charge on any atom is 0.193 e. The van der Waals surface area contributed by atoms with Crippen molar-refractivity contribution in [3.8, 4) is 0 Å². The van der Waals surface area contributed by atoms with E-state index in [1.54, 1.807) is 0 Å². The standard InChI is InChI=1S/C21H37N3O2.HI/c1-21(2)18(17-10-13-25-19(17)21)23-20(22-3)24-11-8-16(9-12-24)26-14-15-6-4-5-7-15;/h15-19H,4-14H2,1-3H3,(H,22,23);1H. The second-order valence-electron chi connectivity index (χ2n) is 9.40. The molecule has 6 heteroatoms. The zero-order valence-corrected chi connectivity index (χ0v) is 19.6. The molecule has 4 rings (SSSR count). The molecular formula is C21H38IN3O2. The summed E-state index contributed by atoms with van der Waals surface area (Å²) in [6, 6.07) is 0.477. The van der Waals surface area contributed by atoms with E-state index < -0.39 is 0 Å². The summed E-state index contributed by atoms with van der Waals surface area (Å²) in [5.74, 6) is 2.54. The molecule has 2 aliphatic heterocycles. The minimum Gasteiger partial charge on any atom is -0.378 e. The number of aliphatic imine (C=N–C) groups is 1. The Morgan fingerprint density at radius 3 is 2.52 bits per heavy atom. The first-order valence-electron chi connectivity index (χ1n) is 10.8. The highest BCUT2D eigenvalue weighted by atomic mass is 127. The van der Waals surface area contributed by atoms with Crippen molar-refractivity contribution in [3.05, 3.63) is 0 Å². The van der Waals surface area contributed by atoms with Crippen molar-refractivity contribution >= 4 is 29.9 Å². The van der Waals surface area contributed by atoms with E-state index in [-0.39, 0.29) is 29.4 Å². The molecule has 4 aliphatic rings. The van der Waals surface area contributed by atoms with Crippen LogP contribution in [0.5, 0.6) is 0 Å². The van der Waals surface area contributed by atoms with Gasteiger partial charge in [0.15, 0.2) is 5.96 Å². The Kier molecular flexibility index (Phi) is 7.34. The molecule has 0 radical (unpaired) electrons. The van der Waals surface area contributed by atoms with Crippen LogP contribution in [0.3, 0.4) is 0 Å². The number of guanidine groups is 1. The van der Waals surface area contributed by atoms with Crippen LogP contribution in [0.25, 0.3) is 0 Å². The smallest absolute Gasteiger partial charge is 0.193 e. The van der Waals surface area contributed by atoms with Gasteiger partial charge in [-0.05, 0) is 38.0 Å². The van der Waals surface area contributed by atoms with Gasteiger partial charge in [-0.15, -0.1) is 24.0 Å². The van der Waals surface area contributed by atoms with Crippen LogP contribution < -0.4 is 5.32 Å². The van der Waals surface area contributed by atoms with Gasteiger partial charge in [0.05, 0.1) is 12.2 Å². The van der Waals surface area contributed by atoms with Gasteiger partial charge in [0.2, 0.25) is 0 Å². The van der Waals surface area contributed by atoms with Gasteiger partial charge >= 0.3 is 0 Å². The number of hydrogen-bond acceptors (Lipinski definition) is 3. The highest BCUT2D eigenvalue weighted by molar-refractivity contribution is 14.0. The van der Waals surface area contributed by atoms with E-state index in [1.165, 1.54) is 32.1 Å². The maximum atomic E-state index is 6.23. The largest absolute Gasteiger partial charge is 0.378 e. The molecule has 0 amide bonds. The van der Waals surface area contributed by atoms with Crippen molar-refractivity contribution in [2.75, 3.05) is 33.4 Å². The molecule has 4 fully saturated rings. The van der Waals surface area contributed by atoms with Gasteiger partial charge in [0.25, 0.3) is 0 Å². The summed E-state index contributed by atoms with van der Waals surface area (Å²) in [4.78, 5) is 7.02. The molecule has 3 atom stereocenters. The van der Waals surface area contributed by atoms with Crippen molar-refractivity contribution in [1.29, 1.82) is 0 Å². The predicted molar refractivity (Wildman–Crippen MR) is 120 cm³/mol. The lowest BCUT2D eigenvalue weighted by Crippen LogP contribution is -2.68. The van der Waals surface area contributed by atoms with Gasteiger partial charge in [0, 0.05) is 50.7 Å². The topological polar surface area (TPSA) is 46.1 Å². The highest BCUT2D eigenvalue weighted by Crippen LogP contribution is 2.52. The van der Waals surface area contributed by atoms with Crippen LogP contribution in [-0.4, -0.2) is 62.5 Å². The quantitative estimate of drug-likeness (QED) is 0.371. The molecule has 0 aromatic carbocycles. The van der Waals surface area contributed by atoms with E-state index >= 15 is 0 Å². The van der Waals surface area contributed by atoms with E-state index in [4.69, 9.17) is 9.47 Å². The SMILES string of the molecule is CN=C(NC1C2CCOC2C1(C)C)N1CCC(OCC2CCCC2)CC1.I. The van der Waals surface area contributed by atoms with Gasteiger partial charge in [0.1, 0.15) is 0 Å². The van der Waals surface area contributed by atoms with Crippen LogP contribution in [0.1, 0.15) is 58.8 Å². The number of ether oxygens (including phenoxy) is 2. The maximum absolute atomic E-state index is 6.23. The lowest BCUT2D eigenvalue weighted by molar-refractivity contribution is -0.107. The Labute approximate surface area is 182 Å². The molecule has 0 spiro atoms. The third kappa shape index (κ3) is 4.42. The summed E-state index contributed by atoms with van der Waals surface area (Å²) in [6.07, 6.45) is 9.84. The van der Waals surface area contributed by atoms with Crippen LogP contribution in [0.2, 0.25) is 0 Å². The second-order valence-corrected chi connectivity index (χ2v) is 9.40. The average molecular weight is 491 g/mol. The van der Waals surface area contributed by atoms with Crippen molar-refractivity contribution in [2.24, 2.45) is 22.2 Å². The number of nitrogens with one attached hydrogen (secondary N) is 1. The number of fused-ring (bicyclic) bond motifs is 1. The molecule has 27 heavy (non-hydrogen) atoms. The zero-order chi connectivity index (χ0) is 18.1. The Morgan fingerprint density at radius 1 is 1.15 bits per heavy atom. The van der Waals surface area contributed by atoms with Crippen molar-refractivity contribution in [2.45, 2.75) is 77.0 Å². The van der Waals surface area contributed by atoms with E-state index in [0.29, 0.717) is 24.2 Å². The van der Waals surface area contributed by atoms with Crippen molar-refractivity contribution < 1.29 is 9.47 Å². The van der Waals surface area contributed by atoms with Crippen LogP contribution in [0.15, 0.2) is 4.99 Å². The predicted octanol–water partition coefficient (Wildman–Crippen LogP) is 3.66. The third-order valence-electron chi connectivity index (χ3n) is 7.38. The van der Waals surface area contributed by atoms with Gasteiger partial charge < -0.3 is 19.7 Å². The highest BCUT2D eigenvalue weighted by Gasteiger charge is 2.59. The lowest BCUT2D eigenvalue weighted by Gasteiger charge is -2.55. The first-order chi connectivity index (χ1) is 12.6. The van der Waals surface area contributed by atoms with E-state index in [9.17, 15) is 0 Å². The zero-order valence-electron chi connectivity index (χ0n) is 17.3.